The van der Waals surface area contributed by atoms with Crippen LogP contribution in [0.1, 0.15) is 35.2 Å². The molecule has 0 saturated heterocycles. The third-order valence-electron chi connectivity index (χ3n) is 8.26. The highest BCUT2D eigenvalue weighted by molar-refractivity contribution is 6.24. The van der Waals surface area contributed by atoms with Gasteiger partial charge < -0.3 is 31.1 Å². The molecule has 38 heavy (non-hydrogen) atoms. The number of Topliss-reactive ketones (excluding diaryl/α,β-unsaturated/α-hetero) is 2. The van der Waals surface area contributed by atoms with Gasteiger partial charge in [0.15, 0.2) is 11.4 Å². The summed E-state index contributed by atoms with van der Waals surface area (Å²) in [5.41, 5.74) is 4.61. The van der Waals surface area contributed by atoms with Crippen molar-refractivity contribution in [3.05, 3.63) is 69.8 Å². The lowest BCUT2D eigenvalue weighted by Crippen LogP contribution is -2.65. The van der Waals surface area contributed by atoms with E-state index in [0.29, 0.717) is 18.4 Å². The van der Waals surface area contributed by atoms with Crippen molar-refractivity contribution in [1.82, 2.24) is 9.88 Å². The number of nitrogens with two attached hydrogens (primary N) is 1. The van der Waals surface area contributed by atoms with E-state index in [0.717, 1.165) is 24.1 Å². The first-order chi connectivity index (χ1) is 18.0. The van der Waals surface area contributed by atoms with Crippen LogP contribution in [0.2, 0.25) is 0 Å². The van der Waals surface area contributed by atoms with E-state index in [4.69, 9.17) is 5.73 Å². The summed E-state index contributed by atoms with van der Waals surface area (Å²) in [5, 5.41) is 44.5. The van der Waals surface area contributed by atoms with Gasteiger partial charge in [0.25, 0.3) is 5.91 Å². The van der Waals surface area contributed by atoms with Gasteiger partial charge in [-0.15, -0.1) is 0 Å². The number of H-pyrrole nitrogens is 1. The minimum absolute atomic E-state index is 0.0728. The highest BCUT2D eigenvalue weighted by Gasteiger charge is 2.64. The maximum Gasteiger partial charge on any atom is 0.255 e. The summed E-state index contributed by atoms with van der Waals surface area (Å²) in [6, 6.07) is 6.11. The Morgan fingerprint density at radius 2 is 1.89 bits per heavy atom. The molecule has 1 amide bonds. The van der Waals surface area contributed by atoms with Crippen molar-refractivity contribution in [3.8, 4) is 5.75 Å². The molecular weight excluding hydrogens is 490 g/mol. The van der Waals surface area contributed by atoms with E-state index in [2.05, 4.69) is 4.98 Å². The number of hydrogen-bond acceptors (Lipinski definition) is 8. The molecule has 1 aromatic heterocycles. The number of ketones is 2. The lowest BCUT2D eigenvalue weighted by atomic mass is 9.57. The summed E-state index contributed by atoms with van der Waals surface area (Å²) in [6.07, 6.45) is 4.52. The SMILES string of the molecule is CN(C)[C@@H]1C(=O)C(C(N)=O)=C(O)[C@@]2(O)C(=O)C3=C(O)c4c(O)ccc(CCCc5ccc[nH]5)c4C[C@H]3C[C@@H]12. The molecule has 0 aliphatic heterocycles. The van der Waals surface area contributed by atoms with E-state index in [9.17, 15) is 34.8 Å². The molecule has 4 atom stereocenters. The van der Waals surface area contributed by atoms with E-state index in [1.165, 1.54) is 11.0 Å². The first kappa shape index (κ1) is 25.7. The number of rotatable bonds is 6. The Balaban J connectivity index is 1.60. The molecule has 0 unspecified atom stereocenters. The number of benzene rings is 1. The summed E-state index contributed by atoms with van der Waals surface area (Å²) < 4.78 is 0. The maximum absolute atomic E-state index is 13.9. The molecule has 5 rings (SSSR count). The highest BCUT2D eigenvalue weighted by atomic mass is 16.3. The lowest BCUT2D eigenvalue weighted by molar-refractivity contribution is -0.153. The van der Waals surface area contributed by atoms with Crippen molar-refractivity contribution in [2.75, 3.05) is 14.1 Å². The number of fused-ring (bicyclic) bond motifs is 3. The molecule has 7 N–H and O–H groups in total. The summed E-state index contributed by atoms with van der Waals surface area (Å²) in [4.78, 5) is 43.8. The highest BCUT2D eigenvalue weighted by Crippen LogP contribution is 2.53. The topological polar surface area (TPSA) is 177 Å². The van der Waals surface area contributed by atoms with Crippen LogP contribution in [0.5, 0.6) is 5.75 Å². The fourth-order valence-corrected chi connectivity index (χ4v) is 6.53. The zero-order valence-corrected chi connectivity index (χ0v) is 21.2. The van der Waals surface area contributed by atoms with Crippen LogP contribution in [-0.2, 0) is 33.6 Å². The van der Waals surface area contributed by atoms with Crippen molar-refractivity contribution in [1.29, 1.82) is 0 Å². The molecule has 3 aliphatic carbocycles. The van der Waals surface area contributed by atoms with E-state index in [-0.39, 0.29) is 23.3 Å². The summed E-state index contributed by atoms with van der Waals surface area (Å²) in [5.74, 6) is -6.46. The molecular formula is C28H31N3O7. The van der Waals surface area contributed by atoms with Gasteiger partial charge in [0.2, 0.25) is 5.78 Å². The third-order valence-corrected chi connectivity index (χ3v) is 8.26. The fraction of sp³-hybridized carbons (Fsp3) is 0.393. The van der Waals surface area contributed by atoms with Gasteiger partial charge in [-0.2, -0.15) is 0 Å². The number of aromatic hydroxyl groups is 1. The van der Waals surface area contributed by atoms with Gasteiger partial charge in [-0.3, -0.25) is 19.3 Å². The van der Waals surface area contributed by atoms with Crippen molar-refractivity contribution >= 4 is 23.2 Å². The second-order valence-electron chi connectivity index (χ2n) is 10.6. The van der Waals surface area contributed by atoms with E-state index >= 15 is 0 Å². The third kappa shape index (κ3) is 3.66. The molecule has 10 nitrogen and oxygen atoms in total. The monoisotopic (exact) mass is 521 g/mol. The van der Waals surface area contributed by atoms with Crippen molar-refractivity contribution in [2.45, 2.75) is 43.7 Å². The minimum atomic E-state index is -2.63. The summed E-state index contributed by atoms with van der Waals surface area (Å²) in [6.45, 7) is 0. The van der Waals surface area contributed by atoms with Gasteiger partial charge in [-0.1, -0.05) is 6.07 Å². The summed E-state index contributed by atoms with van der Waals surface area (Å²) in [7, 11) is 3.15. The van der Waals surface area contributed by atoms with Crippen molar-refractivity contribution < 1.29 is 34.8 Å². The quantitative estimate of drug-likeness (QED) is 0.310. The Morgan fingerprint density at radius 3 is 2.53 bits per heavy atom. The number of amides is 1. The standard InChI is InChI=1S/C28H31N3O7/c1-31(2)22-17-12-14-11-16-13(5-3-6-15-7-4-10-30-15)8-9-18(32)20(16)23(33)19(14)25(35)28(17,38)26(36)21(24(22)34)27(29)37/h4,7-10,14,17,22,30,32-33,36,38H,3,5-6,11-12H2,1-2H3,(H2,29,37)/t14-,17-,22-,28-/m0/s1. The number of aliphatic hydroxyl groups excluding tert-OH is 2. The molecule has 10 heteroatoms. The minimum Gasteiger partial charge on any atom is -0.508 e. The number of hydrogen-bond donors (Lipinski definition) is 6. The van der Waals surface area contributed by atoms with Crippen molar-refractivity contribution in [3.63, 3.8) is 0 Å². The largest absolute Gasteiger partial charge is 0.508 e. The maximum atomic E-state index is 13.9. The molecule has 0 radical (unpaired) electrons. The second-order valence-corrected chi connectivity index (χ2v) is 10.6. The lowest BCUT2D eigenvalue weighted by Gasteiger charge is -2.50. The van der Waals surface area contributed by atoms with Crippen LogP contribution in [0, 0.1) is 11.8 Å². The number of aliphatic hydroxyl groups is 3. The predicted molar refractivity (Wildman–Crippen MR) is 137 cm³/mol. The van der Waals surface area contributed by atoms with Gasteiger partial charge in [0.05, 0.1) is 11.6 Å². The average Bonchev–Trinajstić information content (AvgIpc) is 3.36. The molecule has 0 spiro atoms. The second kappa shape index (κ2) is 9.14. The normalized spacial score (nSPS) is 26.9. The fourth-order valence-electron chi connectivity index (χ4n) is 6.53. The number of aromatic amines is 1. The number of nitrogens with zero attached hydrogens (tertiary/aromatic N) is 1. The van der Waals surface area contributed by atoms with Gasteiger partial charge in [0.1, 0.15) is 22.8 Å². The number of phenols is 1. The molecule has 3 aliphatic rings. The number of aromatic nitrogens is 1. The van der Waals surface area contributed by atoms with Crippen LogP contribution in [0.3, 0.4) is 0 Å². The number of carbonyl (C=O) groups excluding carboxylic acids is 3. The zero-order chi connectivity index (χ0) is 27.5. The molecule has 1 heterocycles. The van der Waals surface area contributed by atoms with E-state index in [1.54, 1.807) is 14.1 Å². The summed E-state index contributed by atoms with van der Waals surface area (Å²) >= 11 is 0. The van der Waals surface area contributed by atoms with Crippen LogP contribution in [0.15, 0.2) is 47.4 Å². The molecule has 200 valence electrons. The Bertz CT molecular complexity index is 1410. The molecule has 1 aromatic carbocycles. The van der Waals surface area contributed by atoms with E-state index < -0.39 is 58.0 Å². The molecule has 1 saturated carbocycles. The first-order valence-corrected chi connectivity index (χ1v) is 12.6. The van der Waals surface area contributed by atoms with Gasteiger partial charge >= 0.3 is 0 Å². The van der Waals surface area contributed by atoms with Crippen LogP contribution in [0.4, 0.5) is 0 Å². The van der Waals surface area contributed by atoms with Gasteiger partial charge in [0, 0.05) is 23.4 Å². The Hall–Kier alpha value is -3.89. The van der Waals surface area contributed by atoms with Crippen LogP contribution in [0.25, 0.3) is 5.76 Å². The van der Waals surface area contributed by atoms with Crippen LogP contribution < -0.4 is 5.73 Å². The first-order valence-electron chi connectivity index (χ1n) is 12.6. The van der Waals surface area contributed by atoms with Gasteiger partial charge in [-0.25, -0.2) is 0 Å². The Morgan fingerprint density at radius 1 is 1.16 bits per heavy atom. The van der Waals surface area contributed by atoms with Crippen LogP contribution >= 0.6 is 0 Å². The number of carbonyl (C=O) groups is 3. The number of nitrogens with one attached hydrogen (secondary N) is 1. The Labute approximate surface area is 219 Å². The number of aryl methyl sites for hydroxylation is 2. The predicted octanol–water partition coefficient (Wildman–Crippen LogP) is 1.47. The van der Waals surface area contributed by atoms with Crippen molar-refractivity contribution in [2.24, 2.45) is 17.6 Å². The average molecular weight is 522 g/mol. The molecule has 0 bridgehead atoms. The number of phenolic OH excluding ortho intramolecular Hbond substituents is 1. The number of primary amides is 1. The zero-order valence-electron chi connectivity index (χ0n) is 21.2. The van der Waals surface area contributed by atoms with Crippen LogP contribution in [-0.4, -0.2) is 73.5 Å². The van der Waals surface area contributed by atoms with E-state index in [1.807, 2.05) is 24.4 Å². The number of likely N-dealkylation sites (N-methyl/N-ethyl adjacent to an activating group) is 1. The van der Waals surface area contributed by atoms with Gasteiger partial charge in [-0.05, 0) is 81.4 Å². The smallest absolute Gasteiger partial charge is 0.255 e. The molecule has 1 fully saturated rings. The molecule has 2 aromatic rings. The Kier molecular flexibility index (Phi) is 6.19.